The van der Waals surface area contributed by atoms with Crippen molar-refractivity contribution >= 4 is 11.6 Å². The van der Waals surface area contributed by atoms with Gasteiger partial charge in [0.25, 0.3) is 0 Å². The van der Waals surface area contributed by atoms with Crippen LogP contribution in [0.25, 0.3) is 0 Å². The van der Waals surface area contributed by atoms with E-state index in [0.29, 0.717) is 0 Å². The van der Waals surface area contributed by atoms with Gasteiger partial charge in [0.05, 0.1) is 6.61 Å². The molecule has 0 saturated carbocycles. The largest absolute Gasteiger partial charge is 0.396 e. The van der Waals surface area contributed by atoms with Gasteiger partial charge < -0.3 is 10.0 Å². The van der Waals surface area contributed by atoms with Gasteiger partial charge in [-0.25, -0.2) is 0 Å². The Balaban J connectivity index is 2.10. The highest BCUT2D eigenvalue weighted by Crippen LogP contribution is 2.33. The zero-order valence-electron chi connectivity index (χ0n) is 10.3. The fourth-order valence-electron chi connectivity index (χ4n) is 2.82. The zero-order chi connectivity index (χ0) is 12.3. The summed E-state index contributed by atoms with van der Waals surface area (Å²) in [6.07, 6.45) is 3.21. The highest BCUT2D eigenvalue weighted by atomic mass is 35.5. The molecule has 1 N–H and O–H groups in total. The number of likely N-dealkylation sites (tertiary alicyclic amines) is 1. The topological polar surface area (TPSA) is 23.5 Å². The van der Waals surface area contributed by atoms with Crippen LogP contribution < -0.4 is 0 Å². The van der Waals surface area contributed by atoms with Crippen LogP contribution in [0.4, 0.5) is 0 Å². The molecule has 0 radical (unpaired) electrons. The average molecular weight is 254 g/mol. The van der Waals surface area contributed by atoms with Gasteiger partial charge in [0.2, 0.25) is 0 Å². The fourth-order valence-corrected chi connectivity index (χ4v) is 2.95. The van der Waals surface area contributed by atoms with Crippen LogP contribution >= 0.6 is 11.6 Å². The van der Waals surface area contributed by atoms with E-state index < -0.39 is 0 Å². The molecule has 1 fully saturated rings. The normalized spacial score (nSPS) is 26.1. The Morgan fingerprint density at radius 3 is 2.65 bits per heavy atom. The number of nitrogens with zero attached hydrogens (tertiary/aromatic N) is 1. The van der Waals surface area contributed by atoms with Crippen LogP contribution in [0.2, 0.25) is 5.02 Å². The Bertz CT molecular complexity index is 365. The van der Waals surface area contributed by atoms with E-state index in [-0.39, 0.29) is 12.0 Å². The van der Waals surface area contributed by atoms with E-state index in [2.05, 4.69) is 24.1 Å². The molecule has 0 aliphatic carbocycles. The number of benzene rings is 1. The van der Waals surface area contributed by atoms with E-state index in [9.17, 15) is 5.11 Å². The molecule has 1 saturated heterocycles. The maximum Gasteiger partial charge on any atom is 0.0502 e. The molecule has 1 aliphatic rings. The quantitative estimate of drug-likeness (QED) is 0.895. The highest BCUT2D eigenvalue weighted by molar-refractivity contribution is 6.30. The van der Waals surface area contributed by atoms with Crippen molar-refractivity contribution in [1.82, 2.24) is 4.90 Å². The summed E-state index contributed by atoms with van der Waals surface area (Å²) < 4.78 is 0. The predicted molar refractivity (Wildman–Crippen MR) is 71.4 cm³/mol. The number of piperidine rings is 1. The van der Waals surface area contributed by atoms with Gasteiger partial charge in [0, 0.05) is 17.0 Å². The molecule has 1 aromatic carbocycles. The molecule has 0 bridgehead atoms. The molecule has 0 aromatic heterocycles. The van der Waals surface area contributed by atoms with E-state index in [1.54, 1.807) is 0 Å². The van der Waals surface area contributed by atoms with Crippen LogP contribution in [0, 0.1) is 5.41 Å². The van der Waals surface area contributed by atoms with Crippen molar-refractivity contribution in [3.05, 3.63) is 34.9 Å². The molecule has 1 aromatic rings. The summed E-state index contributed by atoms with van der Waals surface area (Å²) in [5.41, 5.74) is 1.29. The van der Waals surface area contributed by atoms with Crippen molar-refractivity contribution in [1.29, 1.82) is 0 Å². The van der Waals surface area contributed by atoms with E-state index >= 15 is 0 Å². The van der Waals surface area contributed by atoms with Crippen molar-refractivity contribution in [3.8, 4) is 0 Å². The lowest BCUT2D eigenvalue weighted by molar-refractivity contribution is 0.0439. The summed E-state index contributed by atoms with van der Waals surface area (Å²) in [7, 11) is 2.13. The van der Waals surface area contributed by atoms with Crippen molar-refractivity contribution in [3.63, 3.8) is 0 Å². The van der Waals surface area contributed by atoms with E-state index in [0.717, 1.165) is 31.0 Å². The van der Waals surface area contributed by atoms with Crippen molar-refractivity contribution in [2.24, 2.45) is 5.41 Å². The van der Waals surface area contributed by atoms with Gasteiger partial charge >= 0.3 is 0 Å². The van der Waals surface area contributed by atoms with Crippen molar-refractivity contribution < 1.29 is 5.11 Å². The van der Waals surface area contributed by atoms with Gasteiger partial charge in [0.15, 0.2) is 0 Å². The molecule has 1 heterocycles. The number of aliphatic hydroxyl groups excluding tert-OH is 1. The van der Waals surface area contributed by atoms with Crippen molar-refractivity contribution in [2.45, 2.75) is 19.3 Å². The first kappa shape index (κ1) is 12.9. The molecule has 0 spiro atoms. The summed E-state index contributed by atoms with van der Waals surface area (Å²) in [6, 6.07) is 7.98. The number of hydrogen-bond acceptors (Lipinski definition) is 2. The molecule has 2 rings (SSSR count). The molecule has 3 heteroatoms. The minimum Gasteiger partial charge on any atom is -0.396 e. The summed E-state index contributed by atoms with van der Waals surface area (Å²) in [5.74, 6) is 0. The number of rotatable bonds is 3. The van der Waals surface area contributed by atoms with E-state index in [1.807, 2.05) is 12.1 Å². The van der Waals surface area contributed by atoms with Gasteiger partial charge in [0.1, 0.15) is 0 Å². The SMILES string of the molecule is CN1CCCC(CO)(Cc2ccc(Cl)cc2)C1. The van der Waals surface area contributed by atoms with Crippen LogP contribution in [0.3, 0.4) is 0 Å². The Labute approximate surface area is 108 Å². The summed E-state index contributed by atoms with van der Waals surface area (Å²) in [4.78, 5) is 2.32. The summed E-state index contributed by atoms with van der Waals surface area (Å²) in [5, 5.41) is 10.5. The second-order valence-corrected chi connectivity index (χ2v) is 5.74. The first-order valence-electron chi connectivity index (χ1n) is 6.17. The molecule has 94 valence electrons. The van der Waals surface area contributed by atoms with Gasteiger partial charge in [-0.2, -0.15) is 0 Å². The van der Waals surface area contributed by atoms with Gasteiger partial charge in [-0.1, -0.05) is 23.7 Å². The lowest BCUT2D eigenvalue weighted by Gasteiger charge is -2.40. The summed E-state index contributed by atoms with van der Waals surface area (Å²) in [6.45, 7) is 2.38. The minimum atomic E-state index is 0.0286. The standard InChI is InChI=1S/C14H20ClNO/c1-16-8-2-7-14(10-16,11-17)9-12-3-5-13(15)6-4-12/h3-6,17H,2,7-11H2,1H3. The number of hydrogen-bond donors (Lipinski definition) is 1. The first-order valence-corrected chi connectivity index (χ1v) is 6.55. The van der Waals surface area contributed by atoms with E-state index in [4.69, 9.17) is 11.6 Å². The maximum absolute atomic E-state index is 9.72. The molecule has 1 unspecified atom stereocenters. The van der Waals surface area contributed by atoms with Crippen LogP contribution in [0.1, 0.15) is 18.4 Å². The van der Waals surface area contributed by atoms with Crippen LogP contribution in [-0.4, -0.2) is 36.8 Å². The average Bonchev–Trinajstić information content (AvgIpc) is 2.32. The third-order valence-corrected chi connectivity index (χ3v) is 3.93. The van der Waals surface area contributed by atoms with Crippen LogP contribution in [0.5, 0.6) is 0 Å². The maximum atomic E-state index is 9.72. The molecule has 17 heavy (non-hydrogen) atoms. The Morgan fingerprint density at radius 1 is 1.35 bits per heavy atom. The molecular formula is C14H20ClNO. The highest BCUT2D eigenvalue weighted by Gasteiger charge is 2.33. The third kappa shape index (κ3) is 3.21. The lowest BCUT2D eigenvalue weighted by atomic mass is 9.76. The zero-order valence-corrected chi connectivity index (χ0v) is 11.1. The molecule has 1 atom stereocenters. The lowest BCUT2D eigenvalue weighted by Crippen LogP contribution is -2.44. The van der Waals surface area contributed by atoms with Gasteiger partial charge in [-0.15, -0.1) is 0 Å². The second kappa shape index (κ2) is 5.38. The van der Waals surface area contributed by atoms with Gasteiger partial charge in [-0.05, 0) is 50.6 Å². The van der Waals surface area contributed by atoms with Crippen LogP contribution in [-0.2, 0) is 6.42 Å². The predicted octanol–water partition coefficient (Wildman–Crippen LogP) is 2.59. The van der Waals surface area contributed by atoms with Crippen LogP contribution in [0.15, 0.2) is 24.3 Å². The first-order chi connectivity index (χ1) is 8.13. The van der Waals surface area contributed by atoms with Gasteiger partial charge in [-0.3, -0.25) is 0 Å². The Morgan fingerprint density at radius 2 is 2.06 bits per heavy atom. The second-order valence-electron chi connectivity index (χ2n) is 5.30. The monoisotopic (exact) mass is 253 g/mol. The molecular weight excluding hydrogens is 234 g/mol. The Hall–Kier alpha value is -0.570. The molecule has 1 aliphatic heterocycles. The molecule has 0 amide bonds. The Kier molecular flexibility index (Phi) is 4.08. The third-order valence-electron chi connectivity index (χ3n) is 3.68. The number of aliphatic hydroxyl groups is 1. The number of halogens is 1. The van der Waals surface area contributed by atoms with Crippen molar-refractivity contribution in [2.75, 3.05) is 26.7 Å². The minimum absolute atomic E-state index is 0.0286. The van der Waals surface area contributed by atoms with E-state index in [1.165, 1.54) is 12.0 Å². The fraction of sp³-hybridized carbons (Fsp3) is 0.571. The summed E-state index contributed by atoms with van der Waals surface area (Å²) >= 11 is 5.89. The smallest absolute Gasteiger partial charge is 0.0502 e. The molecule has 2 nitrogen and oxygen atoms in total.